The molecule has 1 aromatic carbocycles. The number of methoxy groups -OCH3 is 1. The highest BCUT2D eigenvalue weighted by Crippen LogP contribution is 2.22. The standard InChI is InChI=1S/C17H24FN3O3/c1-12(22)21-8-7-20(10-14(11-21)17(23)19-2)9-13-5-4-6-15(24-3)16(13)18/h4-6,14H,7-11H2,1-3H3,(H,19,23)/t14-/m0/s1. The molecule has 6 nitrogen and oxygen atoms in total. The molecule has 0 saturated carbocycles. The summed E-state index contributed by atoms with van der Waals surface area (Å²) in [7, 11) is 3.01. The summed E-state index contributed by atoms with van der Waals surface area (Å²) in [6.07, 6.45) is 0. The molecular weight excluding hydrogens is 313 g/mol. The minimum absolute atomic E-state index is 0.0571. The van der Waals surface area contributed by atoms with E-state index in [2.05, 4.69) is 5.32 Å². The first-order chi connectivity index (χ1) is 11.5. The smallest absolute Gasteiger partial charge is 0.225 e. The topological polar surface area (TPSA) is 61.9 Å². The van der Waals surface area contributed by atoms with Crippen molar-refractivity contribution in [1.82, 2.24) is 15.1 Å². The molecule has 0 aliphatic carbocycles. The molecule has 1 heterocycles. The van der Waals surface area contributed by atoms with Crippen molar-refractivity contribution < 1.29 is 18.7 Å². The Kier molecular flexibility index (Phi) is 6.14. The van der Waals surface area contributed by atoms with Crippen LogP contribution in [0, 0.1) is 11.7 Å². The summed E-state index contributed by atoms with van der Waals surface area (Å²) in [5, 5.41) is 2.64. The molecule has 1 N–H and O–H groups in total. The van der Waals surface area contributed by atoms with E-state index in [4.69, 9.17) is 4.74 Å². The molecule has 2 rings (SSSR count). The molecule has 1 atom stereocenters. The first kappa shape index (κ1) is 18.2. The number of halogens is 1. The number of hydrogen-bond donors (Lipinski definition) is 1. The van der Waals surface area contributed by atoms with Gasteiger partial charge < -0.3 is 15.0 Å². The lowest BCUT2D eigenvalue weighted by molar-refractivity contribution is -0.130. The summed E-state index contributed by atoms with van der Waals surface area (Å²) < 4.78 is 19.4. The Balaban J connectivity index is 2.17. The number of benzene rings is 1. The Morgan fingerprint density at radius 1 is 1.33 bits per heavy atom. The van der Waals surface area contributed by atoms with Gasteiger partial charge in [0.2, 0.25) is 11.8 Å². The van der Waals surface area contributed by atoms with Gasteiger partial charge in [-0.05, 0) is 6.07 Å². The van der Waals surface area contributed by atoms with Crippen molar-refractivity contribution in [3.8, 4) is 5.75 Å². The van der Waals surface area contributed by atoms with Gasteiger partial charge in [0.05, 0.1) is 13.0 Å². The summed E-state index contributed by atoms with van der Waals surface area (Å²) in [4.78, 5) is 27.5. The second kappa shape index (κ2) is 8.10. The maximum absolute atomic E-state index is 14.4. The van der Waals surface area contributed by atoms with Crippen molar-refractivity contribution in [2.75, 3.05) is 40.3 Å². The molecule has 132 valence electrons. The Bertz CT molecular complexity index is 609. The first-order valence-electron chi connectivity index (χ1n) is 7.97. The van der Waals surface area contributed by atoms with Gasteiger partial charge in [-0.15, -0.1) is 0 Å². The van der Waals surface area contributed by atoms with Crippen LogP contribution >= 0.6 is 0 Å². The van der Waals surface area contributed by atoms with Crippen LogP contribution in [0.3, 0.4) is 0 Å². The van der Waals surface area contributed by atoms with Crippen LogP contribution in [-0.2, 0) is 16.1 Å². The first-order valence-corrected chi connectivity index (χ1v) is 7.97. The Morgan fingerprint density at radius 2 is 2.08 bits per heavy atom. The largest absolute Gasteiger partial charge is 0.494 e. The molecule has 0 bridgehead atoms. The molecular formula is C17H24FN3O3. The third-order valence-electron chi connectivity index (χ3n) is 4.33. The average molecular weight is 337 g/mol. The van der Waals surface area contributed by atoms with Gasteiger partial charge in [0.1, 0.15) is 0 Å². The molecule has 2 amide bonds. The lowest BCUT2D eigenvalue weighted by atomic mass is 10.1. The highest BCUT2D eigenvalue weighted by Gasteiger charge is 2.29. The Morgan fingerprint density at radius 3 is 2.71 bits per heavy atom. The maximum Gasteiger partial charge on any atom is 0.225 e. The van der Waals surface area contributed by atoms with E-state index in [1.165, 1.54) is 14.0 Å². The number of nitrogens with zero attached hydrogens (tertiary/aromatic N) is 2. The SMILES string of the molecule is CNC(=O)[C@H]1CN(Cc2cccc(OC)c2F)CCN(C(C)=O)C1. The summed E-state index contributed by atoms with van der Waals surface area (Å²) in [6.45, 7) is 3.82. The van der Waals surface area contributed by atoms with Crippen molar-refractivity contribution in [1.29, 1.82) is 0 Å². The third kappa shape index (κ3) is 4.23. The number of carbonyl (C=O) groups excluding carboxylic acids is 2. The molecule has 24 heavy (non-hydrogen) atoms. The second-order valence-corrected chi connectivity index (χ2v) is 5.94. The summed E-state index contributed by atoms with van der Waals surface area (Å²) in [6, 6.07) is 5.03. The maximum atomic E-state index is 14.4. The van der Waals surface area contributed by atoms with Crippen LogP contribution in [0.2, 0.25) is 0 Å². The molecule has 1 saturated heterocycles. The normalized spacial score (nSPS) is 18.8. The number of carbonyl (C=O) groups is 2. The van der Waals surface area contributed by atoms with Gasteiger partial charge >= 0.3 is 0 Å². The van der Waals surface area contributed by atoms with Gasteiger partial charge in [0.15, 0.2) is 11.6 Å². The Labute approximate surface area is 141 Å². The zero-order valence-electron chi connectivity index (χ0n) is 14.3. The second-order valence-electron chi connectivity index (χ2n) is 5.94. The summed E-state index contributed by atoms with van der Waals surface area (Å²) >= 11 is 0. The van der Waals surface area contributed by atoms with Crippen LogP contribution < -0.4 is 10.1 Å². The Hall–Kier alpha value is -2.15. The van der Waals surface area contributed by atoms with E-state index in [-0.39, 0.29) is 29.3 Å². The van der Waals surface area contributed by atoms with Crippen molar-refractivity contribution in [2.45, 2.75) is 13.5 Å². The molecule has 1 fully saturated rings. The average Bonchev–Trinajstić information content (AvgIpc) is 2.79. The van der Waals surface area contributed by atoms with Crippen LogP contribution in [0.5, 0.6) is 5.75 Å². The van der Waals surface area contributed by atoms with E-state index in [9.17, 15) is 14.0 Å². The van der Waals surface area contributed by atoms with Crippen molar-refractivity contribution in [3.05, 3.63) is 29.6 Å². The molecule has 0 unspecified atom stereocenters. The molecule has 1 aliphatic heterocycles. The lowest BCUT2D eigenvalue weighted by Gasteiger charge is -2.23. The van der Waals surface area contributed by atoms with Gasteiger partial charge in [-0.25, -0.2) is 4.39 Å². The molecule has 7 heteroatoms. The van der Waals surface area contributed by atoms with Crippen molar-refractivity contribution >= 4 is 11.8 Å². The predicted molar refractivity (Wildman–Crippen MR) is 88.0 cm³/mol. The summed E-state index contributed by atoms with van der Waals surface area (Å²) in [5.41, 5.74) is 0.515. The van der Waals surface area contributed by atoms with Gasteiger partial charge in [-0.2, -0.15) is 0 Å². The quantitative estimate of drug-likeness (QED) is 0.885. The van der Waals surface area contributed by atoms with E-state index in [0.717, 1.165) is 0 Å². The number of nitrogens with one attached hydrogen (secondary N) is 1. The predicted octanol–water partition coefficient (Wildman–Crippen LogP) is 0.861. The van der Waals surface area contributed by atoms with E-state index in [1.807, 2.05) is 4.90 Å². The molecule has 1 aliphatic rings. The zero-order valence-corrected chi connectivity index (χ0v) is 14.3. The fourth-order valence-electron chi connectivity index (χ4n) is 2.96. The van der Waals surface area contributed by atoms with Gasteiger partial charge in [0.25, 0.3) is 0 Å². The van der Waals surface area contributed by atoms with Crippen LogP contribution in [0.1, 0.15) is 12.5 Å². The van der Waals surface area contributed by atoms with Gasteiger partial charge in [0, 0.05) is 52.3 Å². The fourth-order valence-corrected chi connectivity index (χ4v) is 2.96. The molecule has 0 spiro atoms. The zero-order chi connectivity index (χ0) is 17.7. The molecule has 0 aromatic heterocycles. The van der Waals surface area contributed by atoms with Gasteiger partial charge in [-0.3, -0.25) is 14.5 Å². The molecule has 1 aromatic rings. The highest BCUT2D eigenvalue weighted by molar-refractivity contribution is 5.80. The monoisotopic (exact) mass is 337 g/mol. The summed E-state index contributed by atoms with van der Waals surface area (Å²) in [5.74, 6) is -0.688. The van der Waals surface area contributed by atoms with Gasteiger partial charge in [-0.1, -0.05) is 12.1 Å². The third-order valence-corrected chi connectivity index (χ3v) is 4.33. The minimum Gasteiger partial charge on any atom is -0.494 e. The number of amides is 2. The van der Waals surface area contributed by atoms with E-state index in [1.54, 1.807) is 30.1 Å². The van der Waals surface area contributed by atoms with E-state index >= 15 is 0 Å². The number of rotatable bonds is 4. The lowest BCUT2D eigenvalue weighted by Crippen LogP contribution is -2.40. The van der Waals surface area contributed by atoms with Crippen LogP contribution in [-0.4, -0.2) is 62.0 Å². The van der Waals surface area contributed by atoms with Crippen molar-refractivity contribution in [3.63, 3.8) is 0 Å². The van der Waals surface area contributed by atoms with E-state index < -0.39 is 0 Å². The number of ether oxygens (including phenoxy) is 1. The number of hydrogen-bond acceptors (Lipinski definition) is 4. The minimum atomic E-state index is -0.385. The fraction of sp³-hybridized carbons (Fsp3) is 0.529. The highest BCUT2D eigenvalue weighted by atomic mass is 19.1. The van der Waals surface area contributed by atoms with Crippen LogP contribution in [0.25, 0.3) is 0 Å². The van der Waals surface area contributed by atoms with Crippen LogP contribution in [0.15, 0.2) is 18.2 Å². The van der Waals surface area contributed by atoms with Crippen molar-refractivity contribution in [2.24, 2.45) is 5.92 Å². The van der Waals surface area contributed by atoms with E-state index in [0.29, 0.717) is 38.3 Å². The molecule has 0 radical (unpaired) electrons. The van der Waals surface area contributed by atoms with Crippen LogP contribution in [0.4, 0.5) is 4.39 Å².